The molecule has 3 N–H and O–H groups in total. The third kappa shape index (κ3) is 5.65. The third-order valence-electron chi connectivity index (χ3n) is 5.67. The molecule has 3 aromatic rings. The van der Waals surface area contributed by atoms with E-state index in [1.807, 2.05) is 33.8 Å². The Hall–Kier alpha value is -3.92. The monoisotopic (exact) mass is 508 g/mol. The molecule has 3 amide bonds. The predicted octanol–water partition coefficient (Wildman–Crippen LogP) is 4.91. The third-order valence-corrected chi connectivity index (χ3v) is 6.83. The molecule has 4 rings (SSSR count). The van der Waals surface area contributed by atoms with Gasteiger partial charge in [-0.15, -0.1) is 0 Å². The highest BCUT2D eigenvalue weighted by atomic mass is 32.2. The highest BCUT2D eigenvalue weighted by molar-refractivity contribution is 7.90. The molecule has 9 nitrogen and oxygen atoms in total. The van der Waals surface area contributed by atoms with Crippen molar-refractivity contribution in [1.29, 1.82) is 0 Å². The Morgan fingerprint density at radius 1 is 0.972 bits per heavy atom. The van der Waals surface area contributed by atoms with Gasteiger partial charge in [-0.1, -0.05) is 32.0 Å². The Morgan fingerprint density at radius 3 is 2.19 bits per heavy atom. The van der Waals surface area contributed by atoms with Crippen LogP contribution in [0.4, 0.5) is 22.0 Å². The molecule has 0 saturated carbocycles. The number of rotatable bonds is 5. The fourth-order valence-electron chi connectivity index (χ4n) is 3.85. The Labute approximate surface area is 209 Å². The number of aryl methyl sites for hydroxylation is 1. The molecule has 10 heteroatoms. The molecule has 188 valence electrons. The molecule has 0 spiro atoms. The van der Waals surface area contributed by atoms with Gasteiger partial charge in [0.05, 0.1) is 4.90 Å². The van der Waals surface area contributed by atoms with Gasteiger partial charge in [-0.25, -0.2) is 13.2 Å². The number of nitrogens with zero attached hydrogens (tertiary/aromatic N) is 1. The van der Waals surface area contributed by atoms with Crippen molar-refractivity contribution in [2.45, 2.75) is 44.4 Å². The Balaban J connectivity index is 1.37. The summed E-state index contributed by atoms with van der Waals surface area (Å²) in [5.41, 5.74) is 3.50. The summed E-state index contributed by atoms with van der Waals surface area (Å²) in [4.78, 5) is 25.4. The van der Waals surface area contributed by atoms with Gasteiger partial charge < -0.3 is 15.2 Å². The standard InChI is InChI=1S/C26H28N4O5S/c1-15-10-16-12-17(13-20(16)21(11-15)36(5,33)34)24(31)27-18-6-8-19(9-7-18)28-25(32)29-23-14-22(35-30-23)26(2,3)4/h6-12,14H,13H2,1-5H3,(H,27,31)(H2,28,29,30,32). The van der Waals surface area contributed by atoms with Gasteiger partial charge in [0.2, 0.25) is 0 Å². The first-order chi connectivity index (χ1) is 16.8. The second-order valence-corrected chi connectivity index (χ2v) is 11.9. The van der Waals surface area contributed by atoms with Crippen molar-refractivity contribution in [3.63, 3.8) is 0 Å². The number of hydrogen-bond acceptors (Lipinski definition) is 6. The molecule has 1 aliphatic rings. The minimum absolute atomic E-state index is 0.226. The van der Waals surface area contributed by atoms with Crippen LogP contribution < -0.4 is 16.0 Å². The Kier molecular flexibility index (Phi) is 6.48. The number of urea groups is 1. The Bertz CT molecular complexity index is 1480. The van der Waals surface area contributed by atoms with E-state index < -0.39 is 15.9 Å². The molecule has 1 heterocycles. The minimum atomic E-state index is -3.41. The van der Waals surface area contributed by atoms with Gasteiger partial charge in [-0.3, -0.25) is 10.1 Å². The number of nitrogens with one attached hydrogen (secondary N) is 3. The van der Waals surface area contributed by atoms with Gasteiger partial charge in [0.1, 0.15) is 5.76 Å². The van der Waals surface area contributed by atoms with Crippen LogP contribution in [0.15, 0.2) is 57.5 Å². The smallest absolute Gasteiger partial charge is 0.324 e. The van der Waals surface area contributed by atoms with Crippen LogP contribution >= 0.6 is 0 Å². The van der Waals surface area contributed by atoms with Gasteiger partial charge in [0.15, 0.2) is 15.7 Å². The van der Waals surface area contributed by atoms with Gasteiger partial charge >= 0.3 is 6.03 Å². The first-order valence-corrected chi connectivity index (χ1v) is 13.2. The zero-order valence-electron chi connectivity index (χ0n) is 20.7. The molecule has 0 unspecified atom stereocenters. The maximum atomic E-state index is 12.8. The van der Waals surface area contributed by atoms with Crippen molar-refractivity contribution in [3.8, 4) is 0 Å². The fourth-order valence-corrected chi connectivity index (χ4v) is 4.89. The summed E-state index contributed by atoms with van der Waals surface area (Å²) >= 11 is 0. The molecular formula is C26H28N4O5S. The summed E-state index contributed by atoms with van der Waals surface area (Å²) in [6.07, 6.45) is 3.13. The largest absolute Gasteiger partial charge is 0.359 e. The summed E-state index contributed by atoms with van der Waals surface area (Å²) in [7, 11) is -3.41. The minimum Gasteiger partial charge on any atom is -0.359 e. The fraction of sp³-hybridized carbons (Fsp3) is 0.269. The van der Waals surface area contributed by atoms with E-state index >= 15 is 0 Å². The second-order valence-electron chi connectivity index (χ2n) is 9.89. The molecule has 0 saturated heterocycles. The zero-order chi connectivity index (χ0) is 26.3. The van der Waals surface area contributed by atoms with Crippen molar-refractivity contribution < 1.29 is 22.5 Å². The van der Waals surface area contributed by atoms with Crippen molar-refractivity contribution in [2.75, 3.05) is 22.2 Å². The SMILES string of the molecule is Cc1cc2c(c(S(C)(=O)=O)c1)CC(C(=O)Nc1ccc(NC(=O)Nc3cc(C(C)(C)C)on3)cc1)=C2. The predicted molar refractivity (Wildman–Crippen MR) is 139 cm³/mol. The summed E-state index contributed by atoms with van der Waals surface area (Å²) < 4.78 is 29.7. The van der Waals surface area contributed by atoms with Crippen LogP contribution in [0.25, 0.3) is 6.08 Å². The molecule has 0 fully saturated rings. The van der Waals surface area contributed by atoms with Crippen molar-refractivity contribution in [3.05, 3.63) is 70.5 Å². The van der Waals surface area contributed by atoms with Crippen molar-refractivity contribution in [1.82, 2.24) is 5.16 Å². The van der Waals surface area contributed by atoms with Gasteiger partial charge in [-0.2, -0.15) is 0 Å². The molecule has 0 bridgehead atoms. The number of hydrogen-bond donors (Lipinski definition) is 3. The zero-order valence-corrected chi connectivity index (χ0v) is 21.5. The lowest BCUT2D eigenvalue weighted by Crippen LogP contribution is -2.19. The number of fused-ring (bicyclic) bond motifs is 1. The van der Waals surface area contributed by atoms with Crippen LogP contribution in [-0.2, 0) is 26.5 Å². The van der Waals surface area contributed by atoms with Crippen molar-refractivity contribution in [2.24, 2.45) is 0 Å². The van der Waals surface area contributed by atoms with Crippen LogP contribution in [0.3, 0.4) is 0 Å². The number of aromatic nitrogens is 1. The molecule has 0 radical (unpaired) electrons. The normalized spacial score (nSPS) is 13.1. The van der Waals surface area contributed by atoms with Crippen LogP contribution in [0.5, 0.6) is 0 Å². The van der Waals surface area contributed by atoms with E-state index in [0.717, 1.165) is 11.1 Å². The van der Waals surface area contributed by atoms with E-state index in [2.05, 4.69) is 21.1 Å². The Morgan fingerprint density at radius 2 is 1.61 bits per heavy atom. The van der Waals surface area contributed by atoms with E-state index in [0.29, 0.717) is 34.1 Å². The van der Waals surface area contributed by atoms with Gasteiger partial charge in [0.25, 0.3) is 5.91 Å². The average molecular weight is 509 g/mol. The van der Waals surface area contributed by atoms with Crippen LogP contribution in [-0.4, -0.2) is 31.8 Å². The molecule has 1 aromatic heterocycles. The number of carbonyl (C=O) groups is 2. The first-order valence-electron chi connectivity index (χ1n) is 11.3. The topological polar surface area (TPSA) is 130 Å². The maximum Gasteiger partial charge on any atom is 0.324 e. The van der Waals surface area contributed by atoms with Crippen LogP contribution in [0.1, 0.15) is 43.2 Å². The van der Waals surface area contributed by atoms with Crippen LogP contribution in [0.2, 0.25) is 0 Å². The number of sulfone groups is 1. The first kappa shape index (κ1) is 25.2. The summed E-state index contributed by atoms with van der Waals surface area (Å²) in [6, 6.07) is 11.3. The quantitative estimate of drug-likeness (QED) is 0.449. The summed E-state index contributed by atoms with van der Waals surface area (Å²) in [5, 5.41) is 12.0. The molecular weight excluding hydrogens is 480 g/mol. The molecule has 0 atom stereocenters. The number of anilines is 3. The van der Waals surface area contributed by atoms with Gasteiger partial charge in [0, 0.05) is 41.1 Å². The lowest BCUT2D eigenvalue weighted by molar-refractivity contribution is -0.112. The highest BCUT2D eigenvalue weighted by Gasteiger charge is 2.25. The average Bonchev–Trinajstić information content (AvgIpc) is 3.40. The van der Waals surface area contributed by atoms with E-state index in [1.165, 1.54) is 6.26 Å². The molecule has 0 aliphatic heterocycles. The number of amides is 3. The number of benzene rings is 2. The van der Waals surface area contributed by atoms with E-state index in [-0.39, 0.29) is 22.6 Å². The number of carbonyl (C=O) groups excluding carboxylic acids is 2. The maximum absolute atomic E-state index is 12.8. The lowest BCUT2D eigenvalue weighted by Gasteiger charge is -2.12. The lowest BCUT2D eigenvalue weighted by atomic mass is 9.93. The molecule has 2 aromatic carbocycles. The molecule has 1 aliphatic carbocycles. The van der Waals surface area contributed by atoms with E-state index in [4.69, 9.17) is 4.52 Å². The van der Waals surface area contributed by atoms with Gasteiger partial charge in [-0.05, 0) is 60.0 Å². The van der Waals surface area contributed by atoms with E-state index in [1.54, 1.807) is 42.5 Å². The summed E-state index contributed by atoms with van der Waals surface area (Å²) in [5.74, 6) is 0.643. The summed E-state index contributed by atoms with van der Waals surface area (Å²) in [6.45, 7) is 7.76. The second kappa shape index (κ2) is 9.27. The van der Waals surface area contributed by atoms with Crippen molar-refractivity contribution >= 4 is 45.0 Å². The highest BCUT2D eigenvalue weighted by Crippen LogP contribution is 2.32. The van der Waals surface area contributed by atoms with Crippen LogP contribution in [0, 0.1) is 6.92 Å². The molecule has 36 heavy (non-hydrogen) atoms. The van der Waals surface area contributed by atoms with E-state index in [9.17, 15) is 18.0 Å².